The Morgan fingerprint density at radius 1 is 1.67 bits per heavy atom. The molecule has 0 radical (unpaired) electrons. The van der Waals surface area contributed by atoms with Crippen molar-refractivity contribution in [2.45, 2.75) is 26.2 Å². The fraction of sp³-hybridized carbons (Fsp3) is 0.750. The second-order valence-electron chi connectivity index (χ2n) is 2.39. The summed E-state index contributed by atoms with van der Waals surface area (Å²) >= 11 is 0. The zero-order valence-electron chi connectivity index (χ0n) is 6.02. The molecule has 0 heterocycles. The van der Waals surface area contributed by atoms with Crippen molar-refractivity contribution < 1.29 is 4.74 Å². The van der Waals surface area contributed by atoms with E-state index in [1.54, 1.807) is 0 Å². The van der Waals surface area contributed by atoms with Crippen molar-refractivity contribution >= 4 is 0 Å². The van der Waals surface area contributed by atoms with Crippen LogP contribution in [0.4, 0.5) is 0 Å². The highest BCUT2D eigenvalue weighted by atomic mass is 16.5. The van der Waals surface area contributed by atoms with E-state index < -0.39 is 0 Å². The van der Waals surface area contributed by atoms with Crippen LogP contribution in [0.1, 0.15) is 26.2 Å². The normalized spacial score (nSPS) is 18.1. The minimum absolute atomic E-state index is 0.845. The van der Waals surface area contributed by atoms with Crippen molar-refractivity contribution in [3.8, 4) is 0 Å². The molecule has 0 bridgehead atoms. The molecule has 1 nitrogen and oxygen atoms in total. The van der Waals surface area contributed by atoms with Crippen molar-refractivity contribution in [3.05, 3.63) is 11.6 Å². The lowest BCUT2D eigenvalue weighted by Gasteiger charge is -1.99. The Kier molecular flexibility index (Phi) is 2.78. The quantitative estimate of drug-likeness (QED) is 0.526. The van der Waals surface area contributed by atoms with Crippen LogP contribution in [0.3, 0.4) is 0 Å². The van der Waals surface area contributed by atoms with Gasteiger partial charge >= 0.3 is 0 Å². The monoisotopic (exact) mass is 126 g/mol. The lowest BCUT2D eigenvalue weighted by Crippen LogP contribution is -1.94. The number of ether oxygens (including phenoxy) is 1. The van der Waals surface area contributed by atoms with Gasteiger partial charge in [-0.2, -0.15) is 0 Å². The predicted octanol–water partition coefficient (Wildman–Crippen LogP) is 2.13. The zero-order valence-corrected chi connectivity index (χ0v) is 6.02. The first-order valence-electron chi connectivity index (χ1n) is 3.69. The Morgan fingerprint density at radius 3 is 3.11 bits per heavy atom. The maximum Gasteiger partial charge on any atom is 0.0676 e. The summed E-state index contributed by atoms with van der Waals surface area (Å²) in [6.07, 6.45) is 6.17. The summed E-state index contributed by atoms with van der Waals surface area (Å²) in [4.78, 5) is 0. The van der Waals surface area contributed by atoms with E-state index >= 15 is 0 Å². The van der Waals surface area contributed by atoms with Crippen LogP contribution in [0.2, 0.25) is 0 Å². The van der Waals surface area contributed by atoms with Gasteiger partial charge < -0.3 is 4.74 Å². The zero-order chi connectivity index (χ0) is 6.53. The predicted molar refractivity (Wildman–Crippen MR) is 38.4 cm³/mol. The molecular weight excluding hydrogens is 112 g/mol. The molecule has 0 fully saturated rings. The van der Waals surface area contributed by atoms with Crippen LogP contribution in [-0.2, 0) is 4.74 Å². The first-order chi connectivity index (χ1) is 4.43. The van der Waals surface area contributed by atoms with Crippen molar-refractivity contribution in [3.63, 3.8) is 0 Å². The largest absolute Gasteiger partial charge is 0.377 e. The molecule has 0 aliphatic heterocycles. The summed E-state index contributed by atoms with van der Waals surface area (Å²) in [6.45, 7) is 3.75. The van der Waals surface area contributed by atoms with Gasteiger partial charge in [-0.3, -0.25) is 0 Å². The molecule has 1 aliphatic rings. The Labute approximate surface area is 56.7 Å². The highest BCUT2D eigenvalue weighted by molar-refractivity contribution is 5.07. The second-order valence-corrected chi connectivity index (χ2v) is 2.39. The molecule has 1 aliphatic carbocycles. The van der Waals surface area contributed by atoms with E-state index in [4.69, 9.17) is 4.74 Å². The molecule has 1 rings (SSSR count). The third kappa shape index (κ3) is 2.19. The smallest absolute Gasteiger partial charge is 0.0676 e. The Morgan fingerprint density at radius 2 is 2.56 bits per heavy atom. The minimum Gasteiger partial charge on any atom is -0.377 e. The van der Waals surface area contributed by atoms with E-state index in [2.05, 4.69) is 6.08 Å². The van der Waals surface area contributed by atoms with Gasteiger partial charge in [-0.25, -0.2) is 0 Å². The van der Waals surface area contributed by atoms with Gasteiger partial charge in [-0.1, -0.05) is 6.08 Å². The highest BCUT2D eigenvalue weighted by Crippen LogP contribution is 2.16. The van der Waals surface area contributed by atoms with Crippen molar-refractivity contribution in [2.75, 3.05) is 13.2 Å². The van der Waals surface area contributed by atoms with Crippen LogP contribution in [0.5, 0.6) is 0 Å². The number of allylic oxidation sites excluding steroid dienone is 1. The van der Waals surface area contributed by atoms with Gasteiger partial charge in [0.2, 0.25) is 0 Å². The van der Waals surface area contributed by atoms with E-state index in [1.165, 1.54) is 24.8 Å². The minimum atomic E-state index is 0.845. The molecule has 0 aromatic heterocycles. The highest BCUT2D eigenvalue weighted by Gasteiger charge is 2.02. The van der Waals surface area contributed by atoms with E-state index in [0.29, 0.717) is 0 Å². The van der Waals surface area contributed by atoms with Gasteiger partial charge in [0.25, 0.3) is 0 Å². The number of hydrogen-bond acceptors (Lipinski definition) is 1. The summed E-state index contributed by atoms with van der Waals surface area (Å²) in [5.41, 5.74) is 1.50. The average Bonchev–Trinajstić information content (AvgIpc) is 2.34. The number of rotatable bonds is 3. The SMILES string of the molecule is CCOCC1=CCCC1. The Bertz CT molecular complexity index is 105. The maximum atomic E-state index is 5.25. The third-order valence-electron chi connectivity index (χ3n) is 1.63. The van der Waals surface area contributed by atoms with E-state index in [9.17, 15) is 0 Å². The van der Waals surface area contributed by atoms with Crippen LogP contribution in [0, 0.1) is 0 Å². The van der Waals surface area contributed by atoms with Crippen LogP contribution in [0.25, 0.3) is 0 Å². The van der Waals surface area contributed by atoms with Crippen LogP contribution < -0.4 is 0 Å². The molecule has 0 amide bonds. The number of hydrogen-bond donors (Lipinski definition) is 0. The molecule has 0 saturated carbocycles. The first-order valence-corrected chi connectivity index (χ1v) is 3.69. The van der Waals surface area contributed by atoms with Gasteiger partial charge in [0, 0.05) is 6.61 Å². The van der Waals surface area contributed by atoms with Crippen LogP contribution in [0.15, 0.2) is 11.6 Å². The van der Waals surface area contributed by atoms with Crippen molar-refractivity contribution in [1.82, 2.24) is 0 Å². The molecule has 0 unspecified atom stereocenters. The molecule has 9 heavy (non-hydrogen) atoms. The van der Waals surface area contributed by atoms with Crippen molar-refractivity contribution in [2.24, 2.45) is 0 Å². The summed E-state index contributed by atoms with van der Waals surface area (Å²) in [7, 11) is 0. The van der Waals surface area contributed by atoms with E-state index in [0.717, 1.165) is 13.2 Å². The topological polar surface area (TPSA) is 9.23 Å². The van der Waals surface area contributed by atoms with Gasteiger partial charge in [-0.05, 0) is 31.8 Å². The molecular formula is C8H14O. The first kappa shape index (κ1) is 6.81. The van der Waals surface area contributed by atoms with E-state index in [1.807, 2.05) is 6.92 Å². The second kappa shape index (κ2) is 3.67. The molecule has 0 aromatic carbocycles. The van der Waals surface area contributed by atoms with Gasteiger partial charge in [0.1, 0.15) is 0 Å². The van der Waals surface area contributed by atoms with Crippen LogP contribution in [-0.4, -0.2) is 13.2 Å². The standard InChI is InChI=1S/C8H14O/c1-2-9-7-8-5-3-4-6-8/h5H,2-4,6-7H2,1H3. The molecule has 0 aromatic rings. The maximum absolute atomic E-state index is 5.25. The molecule has 0 N–H and O–H groups in total. The van der Waals surface area contributed by atoms with Gasteiger partial charge in [0.05, 0.1) is 6.61 Å². The summed E-state index contributed by atoms with van der Waals surface area (Å²) in [5, 5.41) is 0. The molecule has 0 spiro atoms. The lowest BCUT2D eigenvalue weighted by atomic mass is 10.2. The third-order valence-corrected chi connectivity index (χ3v) is 1.63. The summed E-state index contributed by atoms with van der Waals surface area (Å²) in [5.74, 6) is 0. The fourth-order valence-corrected chi connectivity index (χ4v) is 1.10. The molecule has 0 saturated heterocycles. The van der Waals surface area contributed by atoms with Gasteiger partial charge in [0.15, 0.2) is 0 Å². The Hall–Kier alpha value is -0.300. The summed E-state index contributed by atoms with van der Waals surface area (Å²) in [6, 6.07) is 0. The van der Waals surface area contributed by atoms with Crippen LogP contribution >= 0.6 is 0 Å². The molecule has 0 atom stereocenters. The van der Waals surface area contributed by atoms with Crippen molar-refractivity contribution in [1.29, 1.82) is 0 Å². The molecule has 1 heteroatoms. The lowest BCUT2D eigenvalue weighted by molar-refractivity contribution is 0.169. The molecule has 52 valence electrons. The van der Waals surface area contributed by atoms with E-state index in [-0.39, 0.29) is 0 Å². The fourth-order valence-electron chi connectivity index (χ4n) is 1.10. The summed E-state index contributed by atoms with van der Waals surface area (Å²) < 4.78 is 5.25. The average molecular weight is 126 g/mol. The van der Waals surface area contributed by atoms with Gasteiger partial charge in [-0.15, -0.1) is 0 Å². The Balaban J connectivity index is 2.11.